The van der Waals surface area contributed by atoms with E-state index in [1.807, 2.05) is 0 Å². The lowest BCUT2D eigenvalue weighted by Crippen LogP contribution is -2.27. The molecule has 6 heteroatoms. The number of benzene rings is 1. The van der Waals surface area contributed by atoms with E-state index in [1.165, 1.54) is 13.2 Å². The Kier molecular flexibility index (Phi) is 4.72. The van der Waals surface area contributed by atoms with E-state index in [0.29, 0.717) is 5.56 Å². The largest absolute Gasteiger partial charge is 0.508 e. The summed E-state index contributed by atoms with van der Waals surface area (Å²) in [6, 6.07) is 6.59. The predicted octanol–water partition coefficient (Wildman–Crippen LogP) is 0.458. The lowest BCUT2D eigenvalue weighted by atomic mass is 10.2. The first-order chi connectivity index (χ1) is 7.55. The Bertz CT molecular complexity index is 430. The molecule has 1 rings (SSSR count). The zero-order valence-electron chi connectivity index (χ0n) is 9.01. The molecule has 0 spiro atoms. The van der Waals surface area contributed by atoms with Gasteiger partial charge in [-0.25, -0.2) is 13.1 Å². The van der Waals surface area contributed by atoms with Crippen molar-refractivity contribution >= 4 is 10.0 Å². The van der Waals surface area contributed by atoms with Crippen LogP contribution in [-0.4, -0.2) is 33.0 Å². The van der Waals surface area contributed by atoms with Crippen LogP contribution in [0.4, 0.5) is 0 Å². The summed E-state index contributed by atoms with van der Waals surface area (Å²) in [5.41, 5.74) is 0.545. The number of methoxy groups -OCH3 is 1. The molecule has 0 aliphatic carbocycles. The van der Waals surface area contributed by atoms with Gasteiger partial charge in [0.25, 0.3) is 0 Å². The summed E-state index contributed by atoms with van der Waals surface area (Å²) in [5.74, 6) is -0.00571. The third-order valence-corrected chi connectivity index (χ3v) is 3.32. The summed E-state index contributed by atoms with van der Waals surface area (Å²) in [7, 11) is -1.90. The Balaban J connectivity index is 2.55. The normalized spacial score (nSPS) is 11.6. The molecule has 16 heavy (non-hydrogen) atoms. The van der Waals surface area contributed by atoms with Crippen molar-refractivity contribution in [1.29, 1.82) is 0 Å². The summed E-state index contributed by atoms with van der Waals surface area (Å²) >= 11 is 0. The van der Waals surface area contributed by atoms with Gasteiger partial charge in [-0.1, -0.05) is 18.2 Å². The van der Waals surface area contributed by atoms with E-state index in [9.17, 15) is 13.5 Å². The minimum Gasteiger partial charge on any atom is -0.508 e. The van der Waals surface area contributed by atoms with Crippen LogP contribution in [0.3, 0.4) is 0 Å². The Morgan fingerprint density at radius 2 is 2.06 bits per heavy atom. The van der Waals surface area contributed by atoms with Gasteiger partial charge in [0.05, 0.1) is 12.4 Å². The second kappa shape index (κ2) is 5.83. The maximum absolute atomic E-state index is 11.4. The van der Waals surface area contributed by atoms with E-state index >= 15 is 0 Å². The number of ether oxygens (including phenoxy) is 1. The highest BCUT2D eigenvalue weighted by Gasteiger charge is 2.10. The summed E-state index contributed by atoms with van der Waals surface area (Å²) in [4.78, 5) is 0. The van der Waals surface area contributed by atoms with Crippen molar-refractivity contribution in [1.82, 2.24) is 4.72 Å². The standard InChI is InChI=1S/C10H15NO4S/c1-15-6-7-16(13,14)11-8-9-4-2-3-5-10(9)12/h2-5,11-12H,6-8H2,1H3. The number of hydrogen-bond acceptors (Lipinski definition) is 4. The molecule has 0 saturated heterocycles. The van der Waals surface area contributed by atoms with E-state index in [4.69, 9.17) is 0 Å². The highest BCUT2D eigenvalue weighted by molar-refractivity contribution is 7.89. The third kappa shape index (κ3) is 4.18. The van der Waals surface area contributed by atoms with Crippen LogP contribution >= 0.6 is 0 Å². The fraction of sp³-hybridized carbons (Fsp3) is 0.400. The Labute approximate surface area is 95.1 Å². The van der Waals surface area contributed by atoms with Gasteiger partial charge in [0.1, 0.15) is 5.75 Å². The monoisotopic (exact) mass is 245 g/mol. The molecule has 90 valence electrons. The molecule has 0 radical (unpaired) electrons. The molecule has 0 atom stereocenters. The van der Waals surface area contributed by atoms with Gasteiger partial charge in [-0.05, 0) is 6.07 Å². The second-order valence-corrected chi connectivity index (χ2v) is 5.19. The second-order valence-electron chi connectivity index (χ2n) is 3.26. The minimum atomic E-state index is -3.34. The number of phenols is 1. The number of hydrogen-bond donors (Lipinski definition) is 2. The Hall–Kier alpha value is -1.11. The van der Waals surface area contributed by atoms with Crippen molar-refractivity contribution < 1.29 is 18.3 Å². The lowest BCUT2D eigenvalue weighted by Gasteiger charge is -2.07. The zero-order valence-corrected chi connectivity index (χ0v) is 9.83. The summed E-state index contributed by atoms with van der Waals surface area (Å²) in [6.07, 6.45) is 0. The van der Waals surface area contributed by atoms with Gasteiger partial charge < -0.3 is 9.84 Å². The SMILES string of the molecule is COCCS(=O)(=O)NCc1ccccc1O. The molecule has 1 aromatic carbocycles. The van der Waals surface area contributed by atoms with E-state index in [2.05, 4.69) is 9.46 Å². The topological polar surface area (TPSA) is 75.6 Å². The molecule has 0 aromatic heterocycles. The van der Waals surface area contributed by atoms with Crippen LogP contribution in [0.15, 0.2) is 24.3 Å². The maximum atomic E-state index is 11.4. The van der Waals surface area contributed by atoms with Crippen LogP contribution in [0.5, 0.6) is 5.75 Å². The summed E-state index contributed by atoms with van der Waals surface area (Å²) in [6.45, 7) is 0.231. The Morgan fingerprint density at radius 3 is 2.69 bits per heavy atom. The van der Waals surface area contributed by atoms with E-state index in [1.54, 1.807) is 18.2 Å². The van der Waals surface area contributed by atoms with E-state index < -0.39 is 10.0 Å². The number of rotatable bonds is 6. The van der Waals surface area contributed by atoms with Gasteiger partial charge in [-0.3, -0.25) is 0 Å². The molecule has 0 saturated carbocycles. The highest BCUT2D eigenvalue weighted by atomic mass is 32.2. The molecular formula is C10H15NO4S. The fourth-order valence-electron chi connectivity index (χ4n) is 1.11. The quantitative estimate of drug-likeness (QED) is 0.763. The van der Waals surface area contributed by atoms with Crippen LogP contribution in [0.25, 0.3) is 0 Å². The molecule has 2 N–H and O–H groups in total. The number of aromatic hydroxyl groups is 1. The summed E-state index contributed by atoms with van der Waals surface area (Å²) in [5, 5.41) is 9.42. The zero-order chi connectivity index (χ0) is 12.0. The molecular weight excluding hydrogens is 230 g/mol. The van der Waals surface area contributed by atoms with Crippen molar-refractivity contribution in [2.75, 3.05) is 19.5 Å². The van der Waals surface area contributed by atoms with Crippen LogP contribution in [0.1, 0.15) is 5.56 Å². The first-order valence-corrected chi connectivity index (χ1v) is 6.43. The summed E-state index contributed by atoms with van der Waals surface area (Å²) < 4.78 is 29.9. The number of nitrogens with one attached hydrogen (secondary N) is 1. The minimum absolute atomic E-state index is 0.0805. The van der Waals surface area contributed by atoms with Crippen molar-refractivity contribution in [3.8, 4) is 5.75 Å². The van der Waals surface area contributed by atoms with Gasteiger partial charge >= 0.3 is 0 Å². The molecule has 5 nitrogen and oxygen atoms in total. The third-order valence-electron chi connectivity index (χ3n) is 2.03. The van der Waals surface area contributed by atoms with Crippen LogP contribution in [-0.2, 0) is 21.3 Å². The van der Waals surface area contributed by atoms with Crippen LogP contribution < -0.4 is 4.72 Å². The van der Waals surface area contributed by atoms with Crippen molar-refractivity contribution in [2.45, 2.75) is 6.54 Å². The van der Waals surface area contributed by atoms with E-state index in [0.717, 1.165) is 0 Å². The van der Waals surface area contributed by atoms with Gasteiger partial charge in [-0.15, -0.1) is 0 Å². The molecule has 0 amide bonds. The maximum Gasteiger partial charge on any atom is 0.214 e. The van der Waals surface area contributed by atoms with Gasteiger partial charge in [0.15, 0.2) is 0 Å². The van der Waals surface area contributed by atoms with Crippen molar-refractivity contribution in [3.05, 3.63) is 29.8 Å². The fourth-order valence-corrected chi connectivity index (χ4v) is 2.02. The molecule has 1 aromatic rings. The van der Waals surface area contributed by atoms with Gasteiger partial charge in [0, 0.05) is 19.2 Å². The highest BCUT2D eigenvalue weighted by Crippen LogP contribution is 2.15. The molecule has 0 bridgehead atoms. The predicted molar refractivity (Wildman–Crippen MR) is 60.6 cm³/mol. The molecule has 0 aliphatic rings. The van der Waals surface area contributed by atoms with Gasteiger partial charge in [0.2, 0.25) is 10.0 Å². The van der Waals surface area contributed by atoms with Crippen molar-refractivity contribution in [3.63, 3.8) is 0 Å². The average Bonchev–Trinajstić information content (AvgIpc) is 2.26. The molecule has 0 heterocycles. The Morgan fingerprint density at radius 1 is 1.38 bits per heavy atom. The van der Waals surface area contributed by atoms with Crippen LogP contribution in [0, 0.1) is 0 Å². The smallest absolute Gasteiger partial charge is 0.214 e. The van der Waals surface area contributed by atoms with Gasteiger partial charge in [-0.2, -0.15) is 0 Å². The molecule has 0 fully saturated rings. The number of phenolic OH excluding ortho intramolecular Hbond substituents is 1. The average molecular weight is 245 g/mol. The number of para-hydroxylation sites is 1. The first kappa shape index (κ1) is 13.0. The van der Waals surface area contributed by atoms with Crippen molar-refractivity contribution in [2.24, 2.45) is 0 Å². The number of sulfonamides is 1. The molecule has 0 unspecified atom stereocenters. The van der Waals surface area contributed by atoms with Crippen LogP contribution in [0.2, 0.25) is 0 Å². The molecule has 0 aliphatic heterocycles. The first-order valence-electron chi connectivity index (χ1n) is 4.78. The van der Waals surface area contributed by atoms with E-state index in [-0.39, 0.29) is 24.7 Å². The lowest BCUT2D eigenvalue weighted by molar-refractivity contribution is 0.217.